The highest BCUT2D eigenvalue weighted by atomic mass is 32.2. The van der Waals surface area contributed by atoms with Gasteiger partial charge < -0.3 is 10.3 Å². The second kappa shape index (κ2) is 9.17. The average Bonchev–Trinajstić information content (AvgIpc) is 3.11. The van der Waals surface area contributed by atoms with Crippen LogP contribution in [-0.2, 0) is 10.0 Å². The van der Waals surface area contributed by atoms with Gasteiger partial charge in [0.25, 0.3) is 10.0 Å². The quantitative estimate of drug-likeness (QED) is 0.332. The van der Waals surface area contributed by atoms with Gasteiger partial charge in [-0.05, 0) is 44.4 Å². The van der Waals surface area contributed by atoms with Crippen LogP contribution in [0.2, 0.25) is 0 Å². The highest BCUT2D eigenvalue weighted by Crippen LogP contribution is 2.34. The number of nitrogens with zero attached hydrogens (tertiary/aromatic N) is 5. The fourth-order valence-electron chi connectivity index (χ4n) is 4.07. The number of hydrogen-bond acceptors (Lipinski definition) is 7. The number of hydrogen-bond donors (Lipinski definition) is 1. The van der Waals surface area contributed by atoms with E-state index in [-0.39, 0.29) is 21.9 Å². The van der Waals surface area contributed by atoms with Gasteiger partial charge in [0.1, 0.15) is 11.9 Å². The summed E-state index contributed by atoms with van der Waals surface area (Å²) in [7, 11) is -3.93. The minimum absolute atomic E-state index is 0.110. The third-order valence-corrected chi connectivity index (χ3v) is 7.58. The van der Waals surface area contributed by atoms with E-state index in [9.17, 15) is 18.5 Å². The van der Waals surface area contributed by atoms with E-state index >= 15 is 0 Å². The van der Waals surface area contributed by atoms with Crippen LogP contribution in [0.1, 0.15) is 24.8 Å². The molecule has 4 rings (SSSR count). The summed E-state index contributed by atoms with van der Waals surface area (Å²) < 4.78 is 27.5. The summed E-state index contributed by atoms with van der Waals surface area (Å²) in [6, 6.07) is 8.01. The Morgan fingerprint density at radius 2 is 2.00 bits per heavy atom. The van der Waals surface area contributed by atoms with Crippen molar-refractivity contribution in [1.82, 2.24) is 14.0 Å². The van der Waals surface area contributed by atoms with Crippen molar-refractivity contribution in [2.75, 3.05) is 25.1 Å². The van der Waals surface area contributed by atoms with Gasteiger partial charge >= 0.3 is 5.69 Å². The molecule has 3 heterocycles. The number of nitrogens with one attached hydrogen (secondary N) is 1. The fraction of sp³-hybridized carbons (Fsp3) is 0.364. The van der Waals surface area contributed by atoms with E-state index in [1.165, 1.54) is 24.4 Å². The molecule has 1 unspecified atom stereocenters. The second-order valence-corrected chi connectivity index (χ2v) is 9.99. The van der Waals surface area contributed by atoms with E-state index in [1.54, 1.807) is 12.1 Å². The van der Waals surface area contributed by atoms with Crippen LogP contribution in [-0.4, -0.2) is 46.9 Å². The maximum atomic E-state index is 13.2. The van der Waals surface area contributed by atoms with E-state index in [2.05, 4.69) is 15.3 Å². The number of fused-ring (bicyclic) bond motifs is 1. The number of nitro groups is 1. The van der Waals surface area contributed by atoms with Gasteiger partial charge in [-0.15, -0.1) is 0 Å². The Balaban J connectivity index is 1.73. The van der Waals surface area contributed by atoms with Crippen molar-refractivity contribution in [1.29, 1.82) is 0 Å². The van der Waals surface area contributed by atoms with E-state index < -0.39 is 14.9 Å². The molecule has 33 heavy (non-hydrogen) atoms. The summed E-state index contributed by atoms with van der Waals surface area (Å²) in [5, 5.41) is 14.0. The van der Waals surface area contributed by atoms with Crippen LogP contribution < -0.4 is 5.43 Å². The first-order chi connectivity index (χ1) is 15.8. The number of aromatic nitrogens is 2. The molecular weight excluding hydrogens is 444 g/mol. The van der Waals surface area contributed by atoms with Gasteiger partial charge in [-0.1, -0.05) is 17.7 Å². The number of hydrazine groups is 1. The van der Waals surface area contributed by atoms with Gasteiger partial charge in [0.05, 0.1) is 15.2 Å². The van der Waals surface area contributed by atoms with Gasteiger partial charge in [-0.25, -0.2) is 29.0 Å². The van der Waals surface area contributed by atoms with E-state index in [4.69, 9.17) is 6.57 Å². The van der Waals surface area contributed by atoms with Crippen molar-refractivity contribution in [2.45, 2.75) is 31.1 Å². The van der Waals surface area contributed by atoms with Crippen molar-refractivity contribution < 1.29 is 13.3 Å². The molecule has 2 aromatic heterocycles. The molecule has 0 spiro atoms. The third kappa shape index (κ3) is 4.53. The molecule has 0 amide bonds. The molecule has 1 aliphatic heterocycles. The van der Waals surface area contributed by atoms with Crippen LogP contribution in [0.4, 0.5) is 11.4 Å². The molecule has 1 atom stereocenters. The molecule has 1 N–H and O–H groups in total. The Bertz CT molecular complexity index is 1330. The van der Waals surface area contributed by atoms with Gasteiger partial charge in [0, 0.05) is 25.2 Å². The van der Waals surface area contributed by atoms with Crippen molar-refractivity contribution in [2.24, 2.45) is 5.92 Å². The normalized spacial score (nSPS) is 17.4. The van der Waals surface area contributed by atoms with E-state index in [0.29, 0.717) is 30.9 Å². The van der Waals surface area contributed by atoms with Gasteiger partial charge in [-0.3, -0.25) is 10.1 Å². The molecule has 10 nitrogen and oxygen atoms in total. The summed E-state index contributed by atoms with van der Waals surface area (Å²) in [5.74, 6) is 0.308. The number of rotatable bonds is 6. The highest BCUT2D eigenvalue weighted by molar-refractivity contribution is 7.90. The molecule has 0 radical (unpaired) electrons. The van der Waals surface area contributed by atoms with Crippen molar-refractivity contribution in [3.8, 4) is 0 Å². The van der Waals surface area contributed by atoms with Crippen LogP contribution in [0.5, 0.6) is 0 Å². The fourth-order valence-corrected chi connectivity index (χ4v) is 5.37. The predicted octanol–water partition coefficient (Wildman–Crippen LogP) is 3.84. The lowest BCUT2D eigenvalue weighted by molar-refractivity contribution is -0.384. The molecule has 0 aliphatic carbocycles. The lowest BCUT2D eigenvalue weighted by Crippen LogP contribution is -2.31. The Kier molecular flexibility index (Phi) is 6.31. The second-order valence-electron chi connectivity index (χ2n) is 8.18. The summed E-state index contributed by atoms with van der Waals surface area (Å²) >= 11 is 0. The highest BCUT2D eigenvalue weighted by Gasteiger charge is 2.27. The van der Waals surface area contributed by atoms with Crippen LogP contribution in [0.15, 0.2) is 47.6 Å². The summed E-state index contributed by atoms with van der Waals surface area (Å²) in [4.78, 5) is 18.9. The first kappa shape index (κ1) is 22.7. The van der Waals surface area contributed by atoms with Gasteiger partial charge in [0.2, 0.25) is 6.54 Å². The first-order valence-electron chi connectivity index (χ1n) is 10.6. The Hall–Kier alpha value is -3.49. The molecule has 1 fully saturated rings. The maximum absolute atomic E-state index is 13.2. The predicted molar refractivity (Wildman–Crippen MR) is 124 cm³/mol. The zero-order valence-corrected chi connectivity index (χ0v) is 19.0. The maximum Gasteiger partial charge on any atom is 0.312 e. The smallest absolute Gasteiger partial charge is 0.312 e. The zero-order valence-electron chi connectivity index (χ0n) is 18.1. The molecule has 1 aliphatic rings. The number of aryl methyl sites for hydroxylation is 1. The molecule has 0 bridgehead atoms. The van der Waals surface area contributed by atoms with Crippen LogP contribution >= 0.6 is 0 Å². The van der Waals surface area contributed by atoms with Gasteiger partial charge in [0.15, 0.2) is 5.65 Å². The zero-order chi connectivity index (χ0) is 23.6. The monoisotopic (exact) mass is 468 g/mol. The Morgan fingerprint density at radius 3 is 2.70 bits per heavy atom. The van der Waals surface area contributed by atoms with Crippen LogP contribution in [0, 0.1) is 29.5 Å². The number of anilines is 1. The lowest BCUT2D eigenvalue weighted by atomic mass is 10.0. The SMILES string of the molecule is [C-]#[N+]CC1CCCN(Nc2c([N+](=O)[O-])cnc3c2ccn3S(=O)(=O)c2ccc(C)cc2)CC1. The minimum atomic E-state index is -3.93. The standard InChI is InChI=1S/C22H24N6O4S/c1-16-5-7-18(8-6-16)33(31,32)27-13-10-19-21(20(28(29)30)15-24-22(19)27)25-26-11-3-4-17(9-12-26)14-23-2/h5-8,10,13,15,17H,3-4,9,11-12,14H2,1H3,(H,24,25). The van der Waals surface area contributed by atoms with Crippen molar-refractivity contribution in [3.63, 3.8) is 0 Å². The lowest BCUT2D eigenvalue weighted by Gasteiger charge is -2.22. The summed E-state index contributed by atoms with van der Waals surface area (Å²) in [6.07, 6.45) is 5.05. The van der Waals surface area contributed by atoms with E-state index in [0.717, 1.165) is 35.0 Å². The largest absolute Gasteiger partial charge is 0.317 e. The Labute approximate surface area is 191 Å². The third-order valence-electron chi connectivity index (χ3n) is 5.90. The summed E-state index contributed by atoms with van der Waals surface area (Å²) in [6.45, 7) is 10.7. The molecule has 172 valence electrons. The first-order valence-corrected chi connectivity index (χ1v) is 12.1. The van der Waals surface area contributed by atoms with Crippen molar-refractivity contribution in [3.05, 3.63) is 69.8 Å². The van der Waals surface area contributed by atoms with Crippen LogP contribution in [0.3, 0.4) is 0 Å². The molecule has 11 heteroatoms. The Morgan fingerprint density at radius 1 is 1.24 bits per heavy atom. The van der Waals surface area contributed by atoms with Gasteiger partial charge in [-0.2, -0.15) is 0 Å². The molecule has 1 saturated heterocycles. The molecule has 1 aromatic carbocycles. The van der Waals surface area contributed by atoms with E-state index in [1.807, 2.05) is 11.9 Å². The summed E-state index contributed by atoms with van der Waals surface area (Å²) in [5.41, 5.74) is 4.19. The van der Waals surface area contributed by atoms with Crippen molar-refractivity contribution >= 4 is 32.4 Å². The average molecular weight is 469 g/mol. The number of benzene rings is 1. The molecule has 3 aromatic rings. The minimum Gasteiger partial charge on any atom is -0.317 e. The topological polar surface area (TPSA) is 115 Å². The number of pyridine rings is 1. The van der Waals surface area contributed by atoms with Crippen LogP contribution in [0.25, 0.3) is 15.9 Å². The molecular formula is C22H24N6O4S. The molecule has 0 saturated carbocycles.